The lowest BCUT2D eigenvalue weighted by atomic mass is 10.1. The summed E-state index contributed by atoms with van der Waals surface area (Å²) in [6.45, 7) is -0.357. The van der Waals surface area contributed by atoms with Gasteiger partial charge in [-0.15, -0.1) is 0 Å². The molecular formula is C26H22ClN3O8. The maximum Gasteiger partial charge on any atom is 0.335 e. The van der Waals surface area contributed by atoms with Gasteiger partial charge in [0.05, 0.1) is 16.1 Å². The topological polar surface area (TPSA) is 182 Å². The Kier molecular flexibility index (Phi) is 9.01. The molecule has 0 aliphatic rings. The zero-order valence-electron chi connectivity index (χ0n) is 19.6. The molecule has 0 fully saturated rings. The number of carbonyl (C=O) groups is 5. The number of rotatable bonds is 10. The molecule has 1 atom stereocenters. The van der Waals surface area contributed by atoms with Gasteiger partial charge in [-0.2, -0.15) is 0 Å². The second-order valence-electron chi connectivity index (χ2n) is 8.01. The normalized spacial score (nSPS) is 11.2. The van der Waals surface area contributed by atoms with E-state index in [1.165, 1.54) is 48.5 Å². The van der Waals surface area contributed by atoms with Crippen LogP contribution in [0.3, 0.4) is 0 Å². The van der Waals surface area contributed by atoms with Crippen molar-refractivity contribution in [2.75, 3.05) is 6.54 Å². The lowest BCUT2D eigenvalue weighted by Gasteiger charge is -2.16. The van der Waals surface area contributed by atoms with E-state index in [1.807, 2.05) is 0 Å². The van der Waals surface area contributed by atoms with Crippen LogP contribution in [0.15, 0.2) is 66.7 Å². The Morgan fingerprint density at radius 2 is 1.42 bits per heavy atom. The van der Waals surface area contributed by atoms with E-state index < -0.39 is 42.2 Å². The van der Waals surface area contributed by atoms with Crippen LogP contribution in [0.4, 0.5) is 0 Å². The summed E-state index contributed by atoms with van der Waals surface area (Å²) in [5.74, 6) is -4.67. The maximum absolute atomic E-state index is 12.7. The molecule has 0 aliphatic heterocycles. The third kappa shape index (κ3) is 7.31. The Balaban J connectivity index is 1.61. The monoisotopic (exact) mass is 539 g/mol. The van der Waals surface area contributed by atoms with Crippen molar-refractivity contribution in [1.82, 2.24) is 16.0 Å². The Labute approximate surface area is 221 Å². The minimum absolute atomic E-state index is 0.00124. The Morgan fingerprint density at radius 3 is 2.08 bits per heavy atom. The Morgan fingerprint density at radius 1 is 0.763 bits per heavy atom. The fourth-order valence-corrected chi connectivity index (χ4v) is 3.58. The fourth-order valence-electron chi connectivity index (χ4n) is 3.32. The Hall–Kier alpha value is -4.90. The first kappa shape index (κ1) is 27.7. The molecule has 12 heteroatoms. The van der Waals surface area contributed by atoms with Gasteiger partial charge >= 0.3 is 11.9 Å². The second kappa shape index (κ2) is 12.4. The number of benzene rings is 3. The fraction of sp³-hybridized carbons (Fsp3) is 0.115. The van der Waals surface area contributed by atoms with Gasteiger partial charge in [0.1, 0.15) is 11.8 Å². The molecule has 3 aromatic carbocycles. The molecule has 0 bridgehead atoms. The summed E-state index contributed by atoms with van der Waals surface area (Å²) < 4.78 is 0. The molecule has 0 spiro atoms. The first-order valence-electron chi connectivity index (χ1n) is 11.1. The highest BCUT2D eigenvalue weighted by atomic mass is 35.5. The van der Waals surface area contributed by atoms with Crippen molar-refractivity contribution in [2.45, 2.75) is 12.6 Å². The number of aromatic hydroxyl groups is 1. The van der Waals surface area contributed by atoms with Gasteiger partial charge in [-0.05, 0) is 54.1 Å². The van der Waals surface area contributed by atoms with Gasteiger partial charge in [-0.1, -0.05) is 29.8 Å². The molecule has 11 nitrogen and oxygen atoms in total. The van der Waals surface area contributed by atoms with E-state index in [0.29, 0.717) is 5.56 Å². The van der Waals surface area contributed by atoms with Crippen molar-refractivity contribution >= 4 is 41.3 Å². The van der Waals surface area contributed by atoms with E-state index >= 15 is 0 Å². The predicted octanol–water partition coefficient (Wildman–Crippen LogP) is 2.29. The van der Waals surface area contributed by atoms with Crippen LogP contribution < -0.4 is 16.0 Å². The number of halogens is 1. The molecule has 3 aromatic rings. The van der Waals surface area contributed by atoms with Crippen LogP contribution in [0.2, 0.25) is 5.02 Å². The van der Waals surface area contributed by atoms with E-state index in [1.54, 1.807) is 12.1 Å². The van der Waals surface area contributed by atoms with E-state index in [0.717, 1.165) is 6.07 Å². The van der Waals surface area contributed by atoms with Crippen LogP contribution in [-0.2, 0) is 11.3 Å². The quantitative estimate of drug-likeness (QED) is 0.227. The molecule has 38 heavy (non-hydrogen) atoms. The van der Waals surface area contributed by atoms with Gasteiger partial charge < -0.3 is 31.3 Å². The molecule has 0 heterocycles. The van der Waals surface area contributed by atoms with Crippen molar-refractivity contribution in [3.05, 3.63) is 99.6 Å². The van der Waals surface area contributed by atoms with Crippen molar-refractivity contribution < 1.29 is 39.3 Å². The van der Waals surface area contributed by atoms with Crippen molar-refractivity contribution in [3.63, 3.8) is 0 Å². The number of hydrogen-bond donors (Lipinski definition) is 6. The van der Waals surface area contributed by atoms with Crippen molar-refractivity contribution in [2.24, 2.45) is 0 Å². The third-order valence-electron chi connectivity index (χ3n) is 5.28. The average molecular weight is 540 g/mol. The highest BCUT2D eigenvalue weighted by molar-refractivity contribution is 6.34. The first-order chi connectivity index (χ1) is 18.0. The van der Waals surface area contributed by atoms with Gasteiger partial charge in [0.2, 0.25) is 0 Å². The van der Waals surface area contributed by atoms with Crippen LogP contribution in [0.1, 0.15) is 47.0 Å². The van der Waals surface area contributed by atoms with Crippen molar-refractivity contribution in [1.29, 1.82) is 0 Å². The lowest BCUT2D eigenvalue weighted by molar-refractivity contribution is -0.139. The predicted molar refractivity (Wildman–Crippen MR) is 135 cm³/mol. The molecule has 0 radical (unpaired) electrons. The zero-order chi connectivity index (χ0) is 27.8. The molecule has 0 saturated carbocycles. The number of carboxylic acid groups (broad SMARTS) is 2. The number of carboxylic acids is 2. The highest BCUT2D eigenvalue weighted by Crippen LogP contribution is 2.19. The number of phenolic OH excluding ortho intramolecular Hbond substituents is 1. The minimum atomic E-state index is -1.53. The minimum Gasteiger partial charge on any atom is -0.508 e. The standard InChI is InChI=1S/C26H22ClN3O8/c27-20-11-16(23(33)28-12-14-3-1-6-18(31)9-14)7-8-19(20)24(34)30-21(26(37)38)13-29-22(32)15-4-2-5-17(10-15)25(35)36/h1-11,21,31H,12-13H2,(H,28,33)(H,29,32)(H,30,34)(H,35,36)(H,37,38). The lowest BCUT2D eigenvalue weighted by Crippen LogP contribution is -2.48. The largest absolute Gasteiger partial charge is 0.508 e. The molecule has 3 amide bonds. The molecular weight excluding hydrogens is 518 g/mol. The molecule has 3 rings (SSSR count). The van der Waals surface area contributed by atoms with Crippen LogP contribution >= 0.6 is 11.6 Å². The molecule has 196 valence electrons. The van der Waals surface area contributed by atoms with Crippen molar-refractivity contribution in [3.8, 4) is 5.75 Å². The first-order valence-corrected chi connectivity index (χ1v) is 11.4. The molecule has 1 unspecified atom stereocenters. The Bertz CT molecular complexity index is 1410. The van der Waals surface area contributed by atoms with Crippen LogP contribution in [-0.4, -0.2) is 57.6 Å². The number of nitrogens with one attached hydrogen (secondary N) is 3. The summed E-state index contributed by atoms with van der Waals surface area (Å²) in [4.78, 5) is 60.2. The highest BCUT2D eigenvalue weighted by Gasteiger charge is 2.23. The smallest absolute Gasteiger partial charge is 0.335 e. The summed E-state index contributed by atoms with van der Waals surface area (Å²) in [5, 5.41) is 35.2. The number of aromatic carboxylic acids is 1. The van der Waals surface area contributed by atoms with Gasteiger partial charge in [-0.25, -0.2) is 9.59 Å². The summed E-state index contributed by atoms with van der Waals surface area (Å²) in [6, 6.07) is 13.8. The molecule has 0 aromatic heterocycles. The number of amides is 3. The van der Waals surface area contributed by atoms with Crippen LogP contribution in [0.5, 0.6) is 5.75 Å². The summed E-state index contributed by atoms with van der Waals surface area (Å²) in [7, 11) is 0. The second-order valence-corrected chi connectivity index (χ2v) is 8.41. The number of phenols is 1. The summed E-state index contributed by atoms with van der Waals surface area (Å²) in [6.07, 6.45) is 0. The number of hydrogen-bond acceptors (Lipinski definition) is 6. The van der Waals surface area contributed by atoms with Gasteiger partial charge in [0.25, 0.3) is 17.7 Å². The zero-order valence-corrected chi connectivity index (χ0v) is 20.4. The third-order valence-corrected chi connectivity index (χ3v) is 5.59. The average Bonchev–Trinajstić information content (AvgIpc) is 2.89. The summed E-state index contributed by atoms with van der Waals surface area (Å²) in [5.41, 5.74) is 0.607. The van der Waals surface area contributed by atoms with Gasteiger partial charge in [-0.3, -0.25) is 14.4 Å². The van der Waals surface area contributed by atoms with E-state index in [-0.39, 0.29) is 39.6 Å². The number of carbonyl (C=O) groups excluding carboxylic acids is 3. The maximum atomic E-state index is 12.7. The molecule has 0 saturated heterocycles. The van der Waals surface area contributed by atoms with E-state index in [4.69, 9.17) is 16.7 Å². The van der Waals surface area contributed by atoms with E-state index in [2.05, 4.69) is 16.0 Å². The van der Waals surface area contributed by atoms with Crippen LogP contribution in [0, 0.1) is 0 Å². The van der Waals surface area contributed by atoms with E-state index in [9.17, 15) is 34.2 Å². The summed E-state index contributed by atoms with van der Waals surface area (Å²) >= 11 is 6.18. The SMILES string of the molecule is O=C(O)c1cccc(C(=O)NCC(NC(=O)c2ccc(C(=O)NCc3cccc(O)c3)cc2Cl)C(=O)O)c1. The van der Waals surface area contributed by atoms with Gasteiger partial charge in [0, 0.05) is 24.2 Å². The van der Waals surface area contributed by atoms with Crippen LogP contribution in [0.25, 0.3) is 0 Å². The molecule has 6 N–H and O–H groups in total. The van der Waals surface area contributed by atoms with Gasteiger partial charge in [0.15, 0.2) is 0 Å². The molecule has 0 aliphatic carbocycles. The number of aliphatic carboxylic acids is 1.